The van der Waals surface area contributed by atoms with Gasteiger partial charge in [0.2, 0.25) is 0 Å². The molecule has 5 nitrogen and oxygen atoms in total. The first-order valence-electron chi connectivity index (χ1n) is 8.27. The van der Waals surface area contributed by atoms with E-state index in [0.29, 0.717) is 11.3 Å². The van der Waals surface area contributed by atoms with E-state index in [2.05, 4.69) is 28.5 Å². The van der Waals surface area contributed by atoms with Crippen molar-refractivity contribution in [3.05, 3.63) is 48.2 Å². The van der Waals surface area contributed by atoms with E-state index < -0.39 is 10.0 Å². The fraction of sp³-hybridized carbons (Fsp3) is 0.389. The van der Waals surface area contributed by atoms with E-state index in [1.165, 1.54) is 0 Å². The van der Waals surface area contributed by atoms with Gasteiger partial charge in [0.15, 0.2) is 0 Å². The molecule has 2 aromatic rings. The van der Waals surface area contributed by atoms with Crippen LogP contribution in [0.25, 0.3) is 0 Å². The number of nitrogens with one attached hydrogen (secondary N) is 1. The molecule has 130 valence electrons. The zero-order chi connectivity index (χ0) is 17.6. The third-order valence-corrected chi connectivity index (χ3v) is 5.24. The first-order chi connectivity index (χ1) is 11.5. The van der Waals surface area contributed by atoms with E-state index in [1.807, 2.05) is 12.1 Å². The standard InChI is InChI=1S/C18H25N3O2S/c1-4-12-21(13-5-2)18-11-10-16(14-19-18)20-24(22,23)17-9-7-6-8-15(17)3/h6-11,14,20H,4-5,12-13H2,1-3H3. The zero-order valence-corrected chi connectivity index (χ0v) is 15.3. The first-order valence-corrected chi connectivity index (χ1v) is 9.75. The number of pyridine rings is 1. The Morgan fingerprint density at radius 3 is 2.25 bits per heavy atom. The van der Waals surface area contributed by atoms with Crippen molar-refractivity contribution in [2.45, 2.75) is 38.5 Å². The lowest BCUT2D eigenvalue weighted by Gasteiger charge is -2.22. The molecule has 0 unspecified atom stereocenters. The van der Waals surface area contributed by atoms with Gasteiger partial charge >= 0.3 is 0 Å². The monoisotopic (exact) mass is 347 g/mol. The van der Waals surface area contributed by atoms with Gasteiger partial charge in [-0.3, -0.25) is 4.72 Å². The highest BCUT2D eigenvalue weighted by Gasteiger charge is 2.16. The molecule has 2 rings (SSSR count). The molecule has 0 spiro atoms. The Hall–Kier alpha value is -2.08. The van der Waals surface area contributed by atoms with Gasteiger partial charge in [0.25, 0.3) is 10.0 Å². The van der Waals surface area contributed by atoms with Crippen LogP contribution < -0.4 is 9.62 Å². The maximum absolute atomic E-state index is 12.5. The summed E-state index contributed by atoms with van der Waals surface area (Å²) >= 11 is 0. The van der Waals surface area contributed by atoms with Crippen LogP contribution in [0.5, 0.6) is 0 Å². The average molecular weight is 347 g/mol. The smallest absolute Gasteiger partial charge is 0.262 e. The maximum atomic E-state index is 12.5. The SMILES string of the molecule is CCCN(CCC)c1ccc(NS(=O)(=O)c2ccccc2C)cn1. The highest BCUT2D eigenvalue weighted by Crippen LogP contribution is 2.20. The van der Waals surface area contributed by atoms with E-state index in [4.69, 9.17) is 0 Å². The number of aryl methyl sites for hydroxylation is 1. The highest BCUT2D eigenvalue weighted by molar-refractivity contribution is 7.92. The Balaban J connectivity index is 2.18. The second-order valence-electron chi connectivity index (χ2n) is 5.76. The molecular formula is C18H25N3O2S. The number of rotatable bonds is 8. The van der Waals surface area contributed by atoms with Crippen LogP contribution >= 0.6 is 0 Å². The minimum Gasteiger partial charge on any atom is -0.357 e. The molecule has 0 saturated carbocycles. The number of hydrogen-bond donors (Lipinski definition) is 1. The molecule has 0 radical (unpaired) electrons. The van der Waals surface area contributed by atoms with Crippen LogP contribution in [0.3, 0.4) is 0 Å². The number of nitrogens with zero attached hydrogens (tertiary/aromatic N) is 2. The van der Waals surface area contributed by atoms with Crippen molar-refractivity contribution >= 4 is 21.5 Å². The molecule has 1 aromatic carbocycles. The summed E-state index contributed by atoms with van der Waals surface area (Å²) < 4.78 is 27.6. The summed E-state index contributed by atoms with van der Waals surface area (Å²) in [5.41, 5.74) is 1.18. The highest BCUT2D eigenvalue weighted by atomic mass is 32.2. The van der Waals surface area contributed by atoms with Gasteiger partial charge < -0.3 is 4.90 Å². The van der Waals surface area contributed by atoms with Gasteiger partial charge in [-0.05, 0) is 43.5 Å². The summed E-state index contributed by atoms with van der Waals surface area (Å²) in [6.45, 7) is 7.92. The van der Waals surface area contributed by atoms with Gasteiger partial charge in [-0.2, -0.15) is 0 Å². The lowest BCUT2D eigenvalue weighted by atomic mass is 10.2. The number of sulfonamides is 1. The predicted molar refractivity (Wildman–Crippen MR) is 99.0 cm³/mol. The molecule has 0 atom stereocenters. The average Bonchev–Trinajstić information content (AvgIpc) is 2.55. The van der Waals surface area contributed by atoms with Gasteiger partial charge in [-0.25, -0.2) is 13.4 Å². The first kappa shape index (κ1) is 18.3. The van der Waals surface area contributed by atoms with Crippen molar-refractivity contribution in [3.63, 3.8) is 0 Å². The minimum atomic E-state index is -3.60. The van der Waals surface area contributed by atoms with Gasteiger partial charge in [-0.15, -0.1) is 0 Å². The number of hydrogen-bond acceptors (Lipinski definition) is 4. The molecule has 6 heteroatoms. The molecular weight excluding hydrogens is 322 g/mol. The van der Waals surface area contributed by atoms with Gasteiger partial charge in [0.05, 0.1) is 16.8 Å². The Bertz CT molecular complexity index is 752. The van der Waals surface area contributed by atoms with Crippen molar-refractivity contribution in [2.75, 3.05) is 22.7 Å². The normalized spacial score (nSPS) is 11.3. The third kappa shape index (κ3) is 4.47. The van der Waals surface area contributed by atoms with Gasteiger partial charge in [0.1, 0.15) is 5.82 Å². The van der Waals surface area contributed by atoms with E-state index >= 15 is 0 Å². The molecule has 0 fully saturated rings. The molecule has 1 heterocycles. The number of anilines is 2. The summed E-state index contributed by atoms with van der Waals surface area (Å²) in [4.78, 5) is 6.91. The zero-order valence-electron chi connectivity index (χ0n) is 14.5. The van der Waals surface area contributed by atoms with Crippen molar-refractivity contribution in [1.29, 1.82) is 0 Å². The number of aromatic nitrogens is 1. The second-order valence-corrected chi connectivity index (χ2v) is 7.41. The second kappa shape index (κ2) is 8.15. The van der Waals surface area contributed by atoms with Crippen LogP contribution in [0.15, 0.2) is 47.5 Å². The Morgan fingerprint density at radius 2 is 1.71 bits per heavy atom. The Labute approximate surface area is 144 Å². The molecule has 1 N–H and O–H groups in total. The van der Waals surface area contributed by atoms with Crippen molar-refractivity contribution in [1.82, 2.24) is 4.98 Å². The summed E-state index contributed by atoms with van der Waals surface area (Å²) in [5.74, 6) is 0.873. The molecule has 24 heavy (non-hydrogen) atoms. The fourth-order valence-corrected chi connectivity index (χ4v) is 3.87. The van der Waals surface area contributed by atoms with Gasteiger partial charge in [0, 0.05) is 13.1 Å². The van der Waals surface area contributed by atoms with E-state index in [1.54, 1.807) is 37.4 Å². The van der Waals surface area contributed by atoms with Gasteiger partial charge in [-0.1, -0.05) is 32.0 Å². The largest absolute Gasteiger partial charge is 0.357 e. The van der Waals surface area contributed by atoms with Crippen molar-refractivity contribution in [3.8, 4) is 0 Å². The summed E-state index contributed by atoms with van der Waals surface area (Å²) in [7, 11) is -3.60. The Morgan fingerprint density at radius 1 is 1.04 bits per heavy atom. The topological polar surface area (TPSA) is 62.3 Å². The summed E-state index contributed by atoms with van der Waals surface area (Å²) in [6, 6.07) is 10.5. The minimum absolute atomic E-state index is 0.285. The van der Waals surface area contributed by atoms with Crippen molar-refractivity contribution < 1.29 is 8.42 Å². The van der Waals surface area contributed by atoms with E-state index in [9.17, 15) is 8.42 Å². The fourth-order valence-electron chi connectivity index (χ4n) is 2.58. The molecule has 0 aliphatic rings. The molecule has 0 saturated heterocycles. The van der Waals surface area contributed by atoms with Crippen LogP contribution in [-0.4, -0.2) is 26.5 Å². The van der Waals surface area contributed by atoms with Crippen molar-refractivity contribution in [2.24, 2.45) is 0 Å². The van der Waals surface area contributed by atoms with E-state index in [0.717, 1.165) is 31.7 Å². The van der Waals surface area contributed by atoms with Crippen LogP contribution in [0.1, 0.15) is 32.3 Å². The Kier molecular flexibility index (Phi) is 6.20. The summed E-state index contributed by atoms with van der Waals surface area (Å²) in [6.07, 6.45) is 3.66. The predicted octanol–water partition coefficient (Wildman–Crippen LogP) is 3.82. The quantitative estimate of drug-likeness (QED) is 0.788. The maximum Gasteiger partial charge on any atom is 0.262 e. The number of benzene rings is 1. The van der Waals surface area contributed by atoms with Crippen LogP contribution in [0.4, 0.5) is 11.5 Å². The van der Waals surface area contributed by atoms with E-state index in [-0.39, 0.29) is 4.90 Å². The molecule has 0 aliphatic carbocycles. The molecule has 0 amide bonds. The van der Waals surface area contributed by atoms with Crippen LogP contribution in [-0.2, 0) is 10.0 Å². The lowest BCUT2D eigenvalue weighted by Crippen LogP contribution is -2.25. The molecule has 0 bridgehead atoms. The lowest BCUT2D eigenvalue weighted by molar-refractivity contribution is 0.600. The molecule has 0 aliphatic heterocycles. The molecule has 1 aromatic heterocycles. The van der Waals surface area contributed by atoms with Crippen LogP contribution in [0, 0.1) is 6.92 Å². The third-order valence-electron chi connectivity index (χ3n) is 3.69. The summed E-state index contributed by atoms with van der Waals surface area (Å²) in [5, 5.41) is 0. The van der Waals surface area contributed by atoms with Crippen LogP contribution in [0.2, 0.25) is 0 Å².